The number of aromatic hydroxyl groups is 1. The molecule has 18 heavy (non-hydrogen) atoms. The number of hydrogen-bond acceptors (Lipinski definition) is 4. The minimum atomic E-state index is -3.80. The Hall–Kier alpha value is -1.14. The molecule has 0 aromatic heterocycles. The Bertz CT molecular complexity index is 577. The molecule has 0 spiro atoms. The summed E-state index contributed by atoms with van der Waals surface area (Å²) in [6.45, 7) is 2.60. The second-order valence-corrected chi connectivity index (χ2v) is 6.86. The molecule has 2 rings (SSSR count). The number of benzene rings is 1. The van der Waals surface area contributed by atoms with Gasteiger partial charge in [-0.05, 0) is 32.4 Å². The predicted molar refractivity (Wildman–Crippen MR) is 65.8 cm³/mol. The van der Waals surface area contributed by atoms with Gasteiger partial charge in [-0.15, -0.1) is 0 Å². The number of phenolic OH excluding ortho intramolecular Hbond substituents is 1. The zero-order valence-electron chi connectivity index (χ0n) is 10.3. The van der Waals surface area contributed by atoms with E-state index in [0.717, 1.165) is 25.6 Å². The van der Waals surface area contributed by atoms with Gasteiger partial charge in [0.1, 0.15) is 10.6 Å². The zero-order valence-corrected chi connectivity index (χ0v) is 11.1. The number of rotatable bonds is 2. The van der Waals surface area contributed by atoms with Crippen LogP contribution in [-0.4, -0.2) is 26.3 Å². The lowest BCUT2D eigenvalue weighted by atomic mass is 9.90. The van der Waals surface area contributed by atoms with Crippen molar-refractivity contribution in [1.29, 1.82) is 0 Å². The summed E-state index contributed by atoms with van der Waals surface area (Å²) in [7, 11) is -3.80. The monoisotopic (exact) mass is 273 g/mol. The molecule has 0 radical (unpaired) electrons. The van der Waals surface area contributed by atoms with Gasteiger partial charge in [0.2, 0.25) is 0 Å². The zero-order chi connectivity index (χ0) is 13.6. The smallest absolute Gasteiger partial charge is 0.182 e. The topological polar surface area (TPSA) is 66.4 Å². The van der Waals surface area contributed by atoms with Gasteiger partial charge in [-0.2, -0.15) is 0 Å². The third-order valence-electron chi connectivity index (χ3n) is 3.41. The van der Waals surface area contributed by atoms with Gasteiger partial charge in [0.15, 0.2) is 15.7 Å². The molecule has 6 heteroatoms. The Kier molecular flexibility index (Phi) is 3.11. The Balaban J connectivity index is 2.65. The molecule has 1 fully saturated rings. The minimum absolute atomic E-state index is 0.290. The maximum atomic E-state index is 14.3. The Labute approximate surface area is 106 Å². The molecule has 4 nitrogen and oxygen atoms in total. The first-order valence-corrected chi connectivity index (χ1v) is 7.62. The van der Waals surface area contributed by atoms with Gasteiger partial charge in [-0.25, -0.2) is 12.8 Å². The molecule has 2 N–H and O–H groups in total. The SMILES string of the molecule is CC1(c2ccc(O)c(S(C)(=O)=O)c2F)CCCN1. The van der Waals surface area contributed by atoms with E-state index in [1.165, 1.54) is 12.1 Å². The molecular weight excluding hydrogens is 257 g/mol. The molecule has 0 amide bonds. The highest BCUT2D eigenvalue weighted by molar-refractivity contribution is 7.90. The van der Waals surface area contributed by atoms with Gasteiger partial charge in [0, 0.05) is 17.4 Å². The van der Waals surface area contributed by atoms with Gasteiger partial charge in [0.25, 0.3) is 0 Å². The van der Waals surface area contributed by atoms with E-state index in [1.54, 1.807) is 0 Å². The summed E-state index contributed by atoms with van der Waals surface area (Å²) >= 11 is 0. The van der Waals surface area contributed by atoms with Crippen LogP contribution < -0.4 is 5.32 Å². The second-order valence-electron chi connectivity index (χ2n) is 4.91. The van der Waals surface area contributed by atoms with E-state index in [4.69, 9.17) is 0 Å². The van der Waals surface area contributed by atoms with Crippen LogP contribution in [0.15, 0.2) is 17.0 Å². The number of phenols is 1. The first kappa shape index (κ1) is 13.3. The lowest BCUT2D eigenvalue weighted by molar-refractivity contribution is 0.393. The minimum Gasteiger partial charge on any atom is -0.506 e. The lowest BCUT2D eigenvalue weighted by Gasteiger charge is -2.26. The van der Waals surface area contributed by atoms with Gasteiger partial charge in [-0.3, -0.25) is 0 Å². The largest absolute Gasteiger partial charge is 0.506 e. The summed E-state index contributed by atoms with van der Waals surface area (Å²) in [5.41, 5.74) is -0.282. The summed E-state index contributed by atoms with van der Waals surface area (Å²) in [4.78, 5) is -0.616. The van der Waals surface area contributed by atoms with Crippen molar-refractivity contribution < 1.29 is 17.9 Å². The Morgan fingerprint density at radius 1 is 1.44 bits per heavy atom. The van der Waals surface area contributed by atoms with Crippen molar-refractivity contribution in [2.75, 3.05) is 12.8 Å². The fraction of sp³-hybridized carbons (Fsp3) is 0.500. The summed E-state index contributed by atoms with van der Waals surface area (Å²) in [5, 5.41) is 12.7. The van der Waals surface area contributed by atoms with Gasteiger partial charge in [-0.1, -0.05) is 6.07 Å². The van der Waals surface area contributed by atoms with E-state index in [-0.39, 0.29) is 0 Å². The van der Waals surface area contributed by atoms with Gasteiger partial charge < -0.3 is 10.4 Å². The van der Waals surface area contributed by atoms with Crippen molar-refractivity contribution in [2.45, 2.75) is 30.2 Å². The quantitative estimate of drug-likeness (QED) is 0.857. The maximum absolute atomic E-state index is 14.3. The molecule has 0 bridgehead atoms. The van der Waals surface area contributed by atoms with Crippen LogP contribution in [-0.2, 0) is 15.4 Å². The maximum Gasteiger partial charge on any atom is 0.182 e. The molecule has 1 unspecified atom stereocenters. The van der Waals surface area contributed by atoms with Gasteiger partial charge >= 0.3 is 0 Å². The van der Waals surface area contributed by atoms with E-state index < -0.39 is 31.8 Å². The van der Waals surface area contributed by atoms with Crippen molar-refractivity contribution >= 4 is 9.84 Å². The van der Waals surface area contributed by atoms with Crippen LogP contribution >= 0.6 is 0 Å². The highest BCUT2D eigenvalue weighted by Crippen LogP contribution is 2.37. The summed E-state index contributed by atoms with van der Waals surface area (Å²) in [6.07, 6.45) is 2.53. The fourth-order valence-corrected chi connectivity index (χ4v) is 3.33. The van der Waals surface area contributed by atoms with E-state index in [2.05, 4.69) is 5.32 Å². The predicted octanol–water partition coefficient (Wildman–Crippen LogP) is 1.53. The molecule has 0 aliphatic carbocycles. The highest BCUT2D eigenvalue weighted by Gasteiger charge is 2.35. The normalized spacial score (nSPS) is 24.4. The first-order chi connectivity index (χ1) is 8.26. The van der Waals surface area contributed by atoms with Crippen molar-refractivity contribution in [3.05, 3.63) is 23.5 Å². The Morgan fingerprint density at radius 2 is 2.11 bits per heavy atom. The van der Waals surface area contributed by atoms with Crippen LogP contribution in [0, 0.1) is 5.82 Å². The lowest BCUT2D eigenvalue weighted by Crippen LogP contribution is -2.34. The molecular formula is C12H16FNO3S. The third kappa shape index (κ3) is 2.10. The van der Waals surface area contributed by atoms with E-state index in [0.29, 0.717) is 5.56 Å². The second kappa shape index (κ2) is 4.20. The number of nitrogens with one attached hydrogen (secondary N) is 1. The van der Waals surface area contributed by atoms with Crippen LogP contribution in [0.2, 0.25) is 0 Å². The first-order valence-electron chi connectivity index (χ1n) is 5.73. The van der Waals surface area contributed by atoms with Crippen LogP contribution in [0.1, 0.15) is 25.3 Å². The molecule has 100 valence electrons. The average molecular weight is 273 g/mol. The number of sulfone groups is 1. The highest BCUT2D eigenvalue weighted by atomic mass is 32.2. The molecule has 0 saturated carbocycles. The molecule has 1 heterocycles. The third-order valence-corrected chi connectivity index (χ3v) is 4.54. The Morgan fingerprint density at radius 3 is 2.61 bits per heavy atom. The molecule has 1 aromatic carbocycles. The van der Waals surface area contributed by atoms with Crippen molar-refractivity contribution in [2.24, 2.45) is 0 Å². The fourth-order valence-electron chi connectivity index (χ4n) is 2.45. The van der Waals surface area contributed by atoms with Crippen LogP contribution in [0.3, 0.4) is 0 Å². The van der Waals surface area contributed by atoms with Crippen LogP contribution in [0.5, 0.6) is 5.75 Å². The standard InChI is InChI=1S/C12H16FNO3S/c1-12(6-3-7-14-12)8-4-5-9(15)11(10(8)13)18(2,16)17/h4-5,14-15H,3,6-7H2,1-2H3. The van der Waals surface area contributed by atoms with Crippen molar-refractivity contribution in [3.8, 4) is 5.75 Å². The summed E-state index contributed by atoms with van der Waals surface area (Å²) < 4.78 is 37.4. The van der Waals surface area contributed by atoms with E-state index in [9.17, 15) is 17.9 Å². The molecule has 1 atom stereocenters. The summed E-state index contributed by atoms with van der Waals surface area (Å²) in [6, 6.07) is 2.68. The van der Waals surface area contributed by atoms with E-state index in [1.807, 2.05) is 6.92 Å². The number of hydrogen-bond donors (Lipinski definition) is 2. The van der Waals surface area contributed by atoms with Gasteiger partial charge in [0.05, 0.1) is 0 Å². The molecule has 1 aliphatic heterocycles. The van der Waals surface area contributed by atoms with Crippen molar-refractivity contribution in [1.82, 2.24) is 5.32 Å². The molecule has 1 aromatic rings. The van der Waals surface area contributed by atoms with Crippen LogP contribution in [0.25, 0.3) is 0 Å². The van der Waals surface area contributed by atoms with E-state index >= 15 is 0 Å². The van der Waals surface area contributed by atoms with Crippen molar-refractivity contribution in [3.63, 3.8) is 0 Å². The molecule has 1 aliphatic rings. The van der Waals surface area contributed by atoms with Crippen LogP contribution in [0.4, 0.5) is 4.39 Å². The molecule has 1 saturated heterocycles. The summed E-state index contributed by atoms with van der Waals surface area (Å²) in [5.74, 6) is -1.39. The average Bonchev–Trinajstić information content (AvgIpc) is 2.63. The number of halogens is 1.